The van der Waals surface area contributed by atoms with E-state index in [9.17, 15) is 9.59 Å². The fourth-order valence-electron chi connectivity index (χ4n) is 4.18. The number of carbonyl (C=O) groups is 2. The number of rotatable bonds is 7. The summed E-state index contributed by atoms with van der Waals surface area (Å²) in [6.07, 6.45) is 0.693. The fraction of sp³-hybridized carbons (Fsp3) is 0.259. The van der Waals surface area contributed by atoms with E-state index in [1.165, 1.54) is 7.11 Å². The number of amides is 1. The predicted molar refractivity (Wildman–Crippen MR) is 127 cm³/mol. The van der Waals surface area contributed by atoms with E-state index in [-0.39, 0.29) is 18.6 Å². The fourth-order valence-corrected chi connectivity index (χ4v) is 4.18. The molecule has 1 aliphatic heterocycles. The number of fused-ring (bicyclic) bond motifs is 1. The molecule has 0 aliphatic carbocycles. The molecular weight excluding hydrogens is 434 g/mol. The maximum Gasteiger partial charge on any atom is 0.337 e. The molecular formula is C27H27NO6. The van der Waals surface area contributed by atoms with E-state index < -0.39 is 5.97 Å². The number of benzene rings is 3. The molecule has 3 aromatic carbocycles. The molecule has 0 saturated carbocycles. The third-order valence-corrected chi connectivity index (χ3v) is 5.97. The van der Waals surface area contributed by atoms with Crippen molar-refractivity contribution in [1.29, 1.82) is 0 Å². The van der Waals surface area contributed by atoms with Crippen LogP contribution in [0.2, 0.25) is 0 Å². The van der Waals surface area contributed by atoms with Crippen molar-refractivity contribution in [2.45, 2.75) is 12.5 Å². The molecule has 1 heterocycles. The van der Waals surface area contributed by atoms with Crippen LogP contribution in [0.15, 0.2) is 66.7 Å². The maximum atomic E-state index is 13.4. The van der Waals surface area contributed by atoms with Crippen LogP contribution >= 0.6 is 0 Å². The number of hydrogen-bond acceptors (Lipinski definition) is 6. The summed E-state index contributed by atoms with van der Waals surface area (Å²) in [4.78, 5) is 27.0. The van der Waals surface area contributed by atoms with Crippen LogP contribution in [0.5, 0.6) is 17.2 Å². The zero-order valence-corrected chi connectivity index (χ0v) is 19.4. The van der Waals surface area contributed by atoms with Crippen LogP contribution < -0.4 is 14.2 Å². The number of hydrogen-bond donors (Lipinski definition) is 0. The van der Waals surface area contributed by atoms with Gasteiger partial charge in [0.1, 0.15) is 12.4 Å². The molecule has 7 nitrogen and oxygen atoms in total. The van der Waals surface area contributed by atoms with Crippen LogP contribution in [-0.4, -0.2) is 51.3 Å². The van der Waals surface area contributed by atoms with Crippen molar-refractivity contribution >= 4 is 11.9 Å². The van der Waals surface area contributed by atoms with Gasteiger partial charge in [0.05, 0.1) is 32.9 Å². The molecule has 0 fully saturated rings. The largest absolute Gasteiger partial charge is 0.493 e. The molecule has 34 heavy (non-hydrogen) atoms. The van der Waals surface area contributed by atoms with Crippen LogP contribution in [0.3, 0.4) is 0 Å². The third-order valence-electron chi connectivity index (χ3n) is 5.97. The van der Waals surface area contributed by atoms with Crippen molar-refractivity contribution in [2.75, 3.05) is 34.5 Å². The molecule has 7 heteroatoms. The smallest absolute Gasteiger partial charge is 0.337 e. The van der Waals surface area contributed by atoms with Gasteiger partial charge in [-0.05, 0) is 66.1 Å². The Kier molecular flexibility index (Phi) is 7.01. The molecule has 4 rings (SSSR count). The van der Waals surface area contributed by atoms with Gasteiger partial charge in [-0.25, -0.2) is 4.79 Å². The van der Waals surface area contributed by atoms with Gasteiger partial charge < -0.3 is 23.8 Å². The van der Waals surface area contributed by atoms with Gasteiger partial charge in [-0.2, -0.15) is 0 Å². The standard InChI is InChI=1S/C27H27NO6/c1-31-24-15-20-13-14-28(26(29)18-7-5-4-6-8-18)23(22(20)16-25(24)32-2)17-34-21-11-9-19(10-12-21)27(30)33-3/h4-12,15-16,23H,13-14,17H2,1-3H3/t23-/m1/s1. The summed E-state index contributed by atoms with van der Waals surface area (Å²) in [5.74, 6) is 1.38. The molecule has 1 atom stereocenters. The van der Waals surface area contributed by atoms with Crippen molar-refractivity contribution in [2.24, 2.45) is 0 Å². The highest BCUT2D eigenvalue weighted by atomic mass is 16.5. The molecule has 0 saturated heterocycles. The Labute approximate surface area is 198 Å². The summed E-state index contributed by atoms with van der Waals surface area (Å²) in [5.41, 5.74) is 3.11. The first-order chi connectivity index (χ1) is 16.5. The van der Waals surface area contributed by atoms with Gasteiger partial charge >= 0.3 is 5.97 Å². The van der Waals surface area contributed by atoms with Crippen molar-refractivity contribution in [3.63, 3.8) is 0 Å². The second-order valence-corrected chi connectivity index (χ2v) is 7.86. The predicted octanol–water partition coefficient (Wildman–Crippen LogP) is 4.31. The molecule has 1 aliphatic rings. The lowest BCUT2D eigenvalue weighted by atomic mass is 9.91. The van der Waals surface area contributed by atoms with Crippen LogP contribution in [0.1, 0.15) is 37.9 Å². The topological polar surface area (TPSA) is 74.3 Å². The van der Waals surface area contributed by atoms with E-state index in [1.807, 2.05) is 47.4 Å². The van der Waals surface area contributed by atoms with Gasteiger partial charge in [0.25, 0.3) is 5.91 Å². The number of ether oxygens (including phenoxy) is 4. The Morgan fingerprint density at radius 2 is 1.56 bits per heavy atom. The van der Waals surface area contributed by atoms with Crippen molar-refractivity contribution in [3.8, 4) is 17.2 Å². The first kappa shape index (κ1) is 23.2. The summed E-state index contributed by atoms with van der Waals surface area (Å²) in [5, 5.41) is 0. The van der Waals surface area contributed by atoms with E-state index >= 15 is 0 Å². The van der Waals surface area contributed by atoms with Gasteiger partial charge in [0.15, 0.2) is 11.5 Å². The first-order valence-corrected chi connectivity index (χ1v) is 11.0. The number of carbonyl (C=O) groups excluding carboxylic acids is 2. The average molecular weight is 462 g/mol. The van der Waals surface area contributed by atoms with Crippen LogP contribution in [-0.2, 0) is 11.2 Å². The number of nitrogens with zero attached hydrogens (tertiary/aromatic N) is 1. The lowest BCUT2D eigenvalue weighted by Gasteiger charge is -2.37. The third kappa shape index (κ3) is 4.69. The zero-order chi connectivity index (χ0) is 24.1. The second kappa shape index (κ2) is 10.3. The van der Waals surface area contributed by atoms with E-state index in [1.54, 1.807) is 38.5 Å². The summed E-state index contributed by atoms with van der Waals surface area (Å²) < 4.78 is 21.8. The Morgan fingerprint density at radius 3 is 2.21 bits per heavy atom. The van der Waals surface area contributed by atoms with E-state index in [4.69, 9.17) is 18.9 Å². The van der Waals surface area contributed by atoms with Crippen LogP contribution in [0, 0.1) is 0 Å². The van der Waals surface area contributed by atoms with Gasteiger partial charge in [0, 0.05) is 12.1 Å². The first-order valence-electron chi connectivity index (χ1n) is 11.0. The van der Waals surface area contributed by atoms with E-state index in [0.717, 1.165) is 11.1 Å². The molecule has 0 bridgehead atoms. The highest BCUT2D eigenvalue weighted by Gasteiger charge is 2.33. The quantitative estimate of drug-likeness (QED) is 0.488. The summed E-state index contributed by atoms with van der Waals surface area (Å²) in [6.45, 7) is 0.782. The molecule has 0 spiro atoms. The minimum absolute atomic E-state index is 0.0596. The molecule has 176 valence electrons. The molecule has 1 amide bonds. The van der Waals surface area contributed by atoms with Crippen molar-refractivity contribution in [1.82, 2.24) is 4.90 Å². The summed E-state index contributed by atoms with van der Waals surface area (Å²) in [6, 6.07) is 19.5. The van der Waals surface area contributed by atoms with Crippen molar-refractivity contribution in [3.05, 3.63) is 89.0 Å². The molecule has 0 radical (unpaired) electrons. The molecule has 0 N–H and O–H groups in total. The second-order valence-electron chi connectivity index (χ2n) is 7.86. The lowest BCUT2D eigenvalue weighted by Crippen LogP contribution is -2.42. The Bertz CT molecular complexity index is 1160. The lowest BCUT2D eigenvalue weighted by molar-refractivity contribution is 0.0583. The SMILES string of the molecule is COC(=O)c1ccc(OC[C@@H]2c3cc(OC)c(OC)cc3CCN2C(=O)c2ccccc2)cc1. The maximum absolute atomic E-state index is 13.4. The van der Waals surface area contributed by atoms with E-state index in [0.29, 0.717) is 41.3 Å². The Hall–Kier alpha value is -4.00. The van der Waals surface area contributed by atoms with Gasteiger partial charge in [0.2, 0.25) is 0 Å². The minimum Gasteiger partial charge on any atom is -0.493 e. The van der Waals surface area contributed by atoms with Gasteiger partial charge in [-0.1, -0.05) is 18.2 Å². The van der Waals surface area contributed by atoms with Crippen molar-refractivity contribution < 1.29 is 28.5 Å². The highest BCUT2D eigenvalue weighted by molar-refractivity contribution is 5.94. The average Bonchev–Trinajstić information content (AvgIpc) is 2.90. The van der Waals surface area contributed by atoms with Gasteiger partial charge in [-0.15, -0.1) is 0 Å². The van der Waals surface area contributed by atoms with Crippen LogP contribution in [0.25, 0.3) is 0 Å². The highest BCUT2D eigenvalue weighted by Crippen LogP contribution is 2.39. The molecule has 0 unspecified atom stereocenters. The minimum atomic E-state index is -0.409. The normalized spacial score (nSPS) is 14.7. The van der Waals surface area contributed by atoms with E-state index in [2.05, 4.69) is 0 Å². The Morgan fingerprint density at radius 1 is 0.882 bits per heavy atom. The zero-order valence-electron chi connectivity index (χ0n) is 19.4. The summed E-state index contributed by atoms with van der Waals surface area (Å²) in [7, 11) is 4.54. The summed E-state index contributed by atoms with van der Waals surface area (Å²) >= 11 is 0. The Balaban J connectivity index is 1.65. The molecule has 0 aromatic heterocycles. The monoisotopic (exact) mass is 461 g/mol. The molecule has 3 aromatic rings. The number of methoxy groups -OCH3 is 3. The van der Waals surface area contributed by atoms with Crippen LogP contribution in [0.4, 0.5) is 0 Å². The van der Waals surface area contributed by atoms with Gasteiger partial charge in [-0.3, -0.25) is 4.79 Å². The number of esters is 1.